The van der Waals surface area contributed by atoms with Crippen LogP contribution in [0.15, 0.2) is 18.2 Å². The summed E-state index contributed by atoms with van der Waals surface area (Å²) in [5.74, 6) is -0.939. The molecule has 0 aliphatic carbocycles. The van der Waals surface area contributed by atoms with Crippen molar-refractivity contribution in [3.8, 4) is 5.75 Å². The van der Waals surface area contributed by atoms with E-state index in [2.05, 4.69) is 5.32 Å². The van der Waals surface area contributed by atoms with Gasteiger partial charge in [0.2, 0.25) is 0 Å². The van der Waals surface area contributed by atoms with Crippen LogP contribution < -0.4 is 15.8 Å². The molecule has 6 nitrogen and oxygen atoms in total. The first-order valence-corrected chi connectivity index (χ1v) is 5.87. The summed E-state index contributed by atoms with van der Waals surface area (Å²) in [6, 6.07) is 4.75. The van der Waals surface area contributed by atoms with Crippen LogP contribution in [-0.4, -0.2) is 30.6 Å². The summed E-state index contributed by atoms with van der Waals surface area (Å²) in [6.45, 7) is 2.05. The fourth-order valence-corrected chi connectivity index (χ4v) is 1.63. The lowest BCUT2D eigenvalue weighted by atomic mass is 10.1. The molecule has 1 aromatic rings. The number of carboxylic acids is 1. The lowest BCUT2D eigenvalue weighted by Gasteiger charge is -2.12. The van der Waals surface area contributed by atoms with Crippen LogP contribution >= 0.6 is 0 Å². The van der Waals surface area contributed by atoms with E-state index in [4.69, 9.17) is 15.6 Å². The van der Waals surface area contributed by atoms with Crippen LogP contribution in [0.3, 0.4) is 0 Å². The summed E-state index contributed by atoms with van der Waals surface area (Å²) in [4.78, 5) is 22.5. The third-order valence-corrected chi connectivity index (χ3v) is 2.60. The third-order valence-electron chi connectivity index (χ3n) is 2.60. The highest BCUT2D eigenvalue weighted by Gasteiger charge is 2.14. The van der Waals surface area contributed by atoms with E-state index in [0.717, 1.165) is 0 Å². The Labute approximate surface area is 111 Å². The number of amides is 1. The number of anilines is 1. The minimum absolute atomic E-state index is 0.0130. The number of nitrogens with one attached hydrogen (secondary N) is 1. The number of nitrogen functional groups attached to an aromatic ring is 1. The minimum Gasteiger partial charge on any atom is -0.496 e. The van der Waals surface area contributed by atoms with Crippen molar-refractivity contribution in [3.63, 3.8) is 0 Å². The smallest absolute Gasteiger partial charge is 0.303 e. The maximum Gasteiger partial charge on any atom is 0.303 e. The quantitative estimate of drug-likeness (QED) is 0.670. The number of rotatable bonds is 6. The van der Waals surface area contributed by atoms with Crippen molar-refractivity contribution < 1.29 is 19.4 Å². The Hall–Kier alpha value is -2.24. The van der Waals surface area contributed by atoms with Gasteiger partial charge in [-0.1, -0.05) is 6.92 Å². The van der Waals surface area contributed by atoms with Crippen molar-refractivity contribution in [2.45, 2.75) is 13.3 Å². The molecule has 0 aromatic heterocycles. The summed E-state index contributed by atoms with van der Waals surface area (Å²) in [6.07, 6.45) is 0.0130. The highest BCUT2D eigenvalue weighted by molar-refractivity contribution is 5.97. The first-order valence-electron chi connectivity index (χ1n) is 5.87. The van der Waals surface area contributed by atoms with Gasteiger partial charge in [0, 0.05) is 24.7 Å². The van der Waals surface area contributed by atoms with Gasteiger partial charge in [0.25, 0.3) is 5.91 Å². The van der Waals surface area contributed by atoms with Gasteiger partial charge in [-0.2, -0.15) is 0 Å². The van der Waals surface area contributed by atoms with Crippen LogP contribution in [-0.2, 0) is 4.79 Å². The van der Waals surface area contributed by atoms with E-state index in [0.29, 0.717) is 23.5 Å². The zero-order valence-electron chi connectivity index (χ0n) is 11.0. The van der Waals surface area contributed by atoms with E-state index in [-0.39, 0.29) is 18.2 Å². The van der Waals surface area contributed by atoms with E-state index in [9.17, 15) is 9.59 Å². The van der Waals surface area contributed by atoms with Gasteiger partial charge < -0.3 is 20.9 Å². The molecular weight excluding hydrogens is 248 g/mol. The summed E-state index contributed by atoms with van der Waals surface area (Å²) in [7, 11) is 1.46. The second kappa shape index (κ2) is 6.63. The summed E-state index contributed by atoms with van der Waals surface area (Å²) >= 11 is 0. The van der Waals surface area contributed by atoms with Crippen molar-refractivity contribution in [2.24, 2.45) is 5.92 Å². The zero-order chi connectivity index (χ0) is 14.4. The number of aliphatic carboxylic acids is 1. The fraction of sp³-hybridized carbons (Fsp3) is 0.385. The molecule has 104 valence electrons. The molecule has 1 unspecified atom stereocenters. The Bertz CT molecular complexity index is 474. The summed E-state index contributed by atoms with van der Waals surface area (Å²) in [5, 5.41) is 11.3. The molecule has 0 saturated carbocycles. The van der Waals surface area contributed by atoms with Gasteiger partial charge in [-0.15, -0.1) is 0 Å². The number of carbonyl (C=O) groups excluding carboxylic acids is 1. The number of hydrogen-bond donors (Lipinski definition) is 3. The van der Waals surface area contributed by atoms with Crippen LogP contribution in [0.5, 0.6) is 5.75 Å². The molecule has 0 heterocycles. The van der Waals surface area contributed by atoms with E-state index in [1.165, 1.54) is 7.11 Å². The predicted molar refractivity (Wildman–Crippen MR) is 71.2 cm³/mol. The molecule has 0 saturated heterocycles. The Kier molecular flexibility index (Phi) is 5.17. The highest BCUT2D eigenvalue weighted by Crippen LogP contribution is 2.21. The first-order chi connectivity index (χ1) is 8.93. The first kappa shape index (κ1) is 14.8. The Balaban J connectivity index is 2.66. The molecule has 0 bridgehead atoms. The minimum atomic E-state index is -0.883. The van der Waals surface area contributed by atoms with Gasteiger partial charge >= 0.3 is 5.97 Å². The fourth-order valence-electron chi connectivity index (χ4n) is 1.63. The molecule has 0 aliphatic heterocycles. The van der Waals surface area contributed by atoms with Gasteiger partial charge in [0.15, 0.2) is 0 Å². The standard InChI is InChI=1S/C13H18N2O4/c1-8(5-12(16)17)7-15-13(18)10-4-3-9(14)6-11(10)19-2/h3-4,6,8H,5,7,14H2,1-2H3,(H,15,18)(H,16,17). The van der Waals surface area contributed by atoms with Gasteiger partial charge in [-0.25, -0.2) is 0 Å². The van der Waals surface area contributed by atoms with E-state index < -0.39 is 5.97 Å². The van der Waals surface area contributed by atoms with Crippen LogP contribution in [0, 0.1) is 5.92 Å². The van der Waals surface area contributed by atoms with Gasteiger partial charge in [-0.3, -0.25) is 9.59 Å². The number of hydrogen-bond acceptors (Lipinski definition) is 4. The number of ether oxygens (including phenoxy) is 1. The van der Waals surface area contributed by atoms with Gasteiger partial charge in [-0.05, 0) is 18.1 Å². The Morgan fingerprint density at radius 2 is 2.16 bits per heavy atom. The molecule has 0 aliphatic rings. The van der Waals surface area contributed by atoms with E-state index in [1.54, 1.807) is 25.1 Å². The topological polar surface area (TPSA) is 102 Å². The van der Waals surface area contributed by atoms with Crippen molar-refractivity contribution in [1.29, 1.82) is 0 Å². The molecule has 1 aromatic carbocycles. The lowest BCUT2D eigenvalue weighted by Crippen LogP contribution is -2.29. The lowest BCUT2D eigenvalue weighted by molar-refractivity contribution is -0.137. The molecule has 6 heteroatoms. The Morgan fingerprint density at radius 1 is 1.47 bits per heavy atom. The molecule has 1 amide bonds. The van der Waals surface area contributed by atoms with Crippen LogP contribution in [0.25, 0.3) is 0 Å². The number of methoxy groups -OCH3 is 1. The van der Waals surface area contributed by atoms with E-state index >= 15 is 0 Å². The summed E-state index contributed by atoms with van der Waals surface area (Å²) in [5.41, 5.74) is 6.48. The normalized spacial score (nSPS) is 11.7. The van der Waals surface area contributed by atoms with Crippen molar-refractivity contribution >= 4 is 17.6 Å². The number of carboxylic acid groups (broad SMARTS) is 1. The van der Waals surface area contributed by atoms with E-state index in [1.807, 2.05) is 0 Å². The van der Waals surface area contributed by atoms with Gasteiger partial charge in [0.1, 0.15) is 5.75 Å². The number of nitrogens with two attached hydrogens (primary N) is 1. The third kappa shape index (κ3) is 4.50. The van der Waals surface area contributed by atoms with Gasteiger partial charge in [0.05, 0.1) is 12.7 Å². The number of benzene rings is 1. The SMILES string of the molecule is COc1cc(N)ccc1C(=O)NCC(C)CC(=O)O. The molecule has 0 radical (unpaired) electrons. The maximum atomic E-state index is 11.9. The second-order valence-corrected chi connectivity index (χ2v) is 4.37. The molecule has 0 fully saturated rings. The van der Waals surface area contributed by atoms with Crippen molar-refractivity contribution in [2.75, 3.05) is 19.4 Å². The van der Waals surface area contributed by atoms with Crippen molar-refractivity contribution in [1.82, 2.24) is 5.32 Å². The van der Waals surface area contributed by atoms with Crippen LogP contribution in [0.2, 0.25) is 0 Å². The maximum absolute atomic E-state index is 11.9. The average molecular weight is 266 g/mol. The molecule has 0 spiro atoms. The molecule has 4 N–H and O–H groups in total. The van der Waals surface area contributed by atoms with Crippen molar-refractivity contribution in [3.05, 3.63) is 23.8 Å². The predicted octanol–water partition coefficient (Wildman–Crippen LogP) is 1.12. The monoisotopic (exact) mass is 266 g/mol. The highest BCUT2D eigenvalue weighted by atomic mass is 16.5. The average Bonchev–Trinajstić information content (AvgIpc) is 2.34. The molecule has 1 rings (SSSR count). The molecular formula is C13H18N2O4. The largest absolute Gasteiger partial charge is 0.496 e. The second-order valence-electron chi connectivity index (χ2n) is 4.37. The van der Waals surface area contributed by atoms with Crippen LogP contribution in [0.1, 0.15) is 23.7 Å². The summed E-state index contributed by atoms with van der Waals surface area (Å²) < 4.78 is 5.08. The van der Waals surface area contributed by atoms with Crippen LogP contribution in [0.4, 0.5) is 5.69 Å². The zero-order valence-corrected chi connectivity index (χ0v) is 11.0. The molecule has 1 atom stereocenters. The Morgan fingerprint density at radius 3 is 2.74 bits per heavy atom. The number of carbonyl (C=O) groups is 2. The molecule has 19 heavy (non-hydrogen) atoms.